The van der Waals surface area contributed by atoms with Gasteiger partial charge in [-0.3, -0.25) is 4.72 Å². The molecule has 0 fully saturated rings. The lowest BCUT2D eigenvalue weighted by Gasteiger charge is -2.12. The molecule has 0 saturated heterocycles. The molecule has 0 atom stereocenters. The summed E-state index contributed by atoms with van der Waals surface area (Å²) in [5.41, 5.74) is 1.09. The minimum absolute atomic E-state index is 0.238. The number of anilines is 1. The maximum absolute atomic E-state index is 13.6. The predicted molar refractivity (Wildman–Crippen MR) is 86.1 cm³/mol. The van der Waals surface area contributed by atoms with Gasteiger partial charge < -0.3 is 0 Å². The second kappa shape index (κ2) is 6.12. The molecule has 0 bridgehead atoms. The second-order valence-electron chi connectivity index (χ2n) is 4.24. The minimum Gasteiger partial charge on any atom is -0.279 e. The molecule has 0 aliphatic heterocycles. The molecule has 1 N–H and O–H groups in total. The highest BCUT2D eigenvalue weighted by atomic mass is 79.9. The third-order valence-electron chi connectivity index (χ3n) is 2.73. The van der Waals surface area contributed by atoms with Crippen molar-refractivity contribution in [2.45, 2.75) is 11.8 Å². The van der Waals surface area contributed by atoms with Crippen LogP contribution < -0.4 is 4.72 Å². The van der Waals surface area contributed by atoms with E-state index in [1.807, 2.05) is 0 Å². The molecule has 2 aromatic carbocycles. The van der Waals surface area contributed by atoms with Crippen LogP contribution in [0.2, 0.25) is 10.0 Å². The highest BCUT2D eigenvalue weighted by Crippen LogP contribution is 2.31. The van der Waals surface area contributed by atoms with Crippen molar-refractivity contribution in [3.63, 3.8) is 0 Å². The first kappa shape index (κ1) is 16.5. The SMILES string of the molecule is Cc1ccc(Br)cc1NS(=O)(=O)c1ccc(Cl)c(F)c1Cl. The van der Waals surface area contributed by atoms with Crippen LogP contribution in [0.3, 0.4) is 0 Å². The first-order chi connectivity index (χ1) is 9.72. The lowest BCUT2D eigenvalue weighted by atomic mass is 10.2. The normalized spacial score (nSPS) is 11.5. The Bertz CT molecular complexity index is 812. The quantitative estimate of drug-likeness (QED) is 0.720. The predicted octanol–water partition coefficient (Wildman–Crippen LogP) is 5.00. The van der Waals surface area contributed by atoms with Crippen LogP contribution in [-0.4, -0.2) is 8.42 Å². The number of hydrogen-bond donors (Lipinski definition) is 1. The van der Waals surface area contributed by atoms with Crippen molar-refractivity contribution in [3.8, 4) is 0 Å². The highest BCUT2D eigenvalue weighted by Gasteiger charge is 2.22. The largest absolute Gasteiger partial charge is 0.279 e. The Kier molecular flexibility index (Phi) is 4.82. The number of sulfonamides is 1. The molecule has 112 valence electrons. The van der Waals surface area contributed by atoms with E-state index in [1.165, 1.54) is 0 Å². The molecule has 0 aliphatic carbocycles. The number of rotatable bonds is 3. The fourth-order valence-corrected chi connectivity index (χ4v) is 3.85. The Labute approximate surface area is 140 Å². The van der Waals surface area contributed by atoms with Gasteiger partial charge in [0, 0.05) is 4.47 Å². The summed E-state index contributed by atoms with van der Waals surface area (Å²) < 4.78 is 41.4. The molecule has 2 aromatic rings. The van der Waals surface area contributed by atoms with E-state index in [2.05, 4.69) is 20.7 Å². The number of aryl methyl sites for hydroxylation is 1. The number of hydrogen-bond acceptors (Lipinski definition) is 2. The molecule has 0 unspecified atom stereocenters. The van der Waals surface area contributed by atoms with Crippen LogP contribution in [0.4, 0.5) is 10.1 Å². The summed E-state index contributed by atoms with van der Waals surface area (Å²) >= 11 is 14.6. The minimum atomic E-state index is -4.02. The van der Waals surface area contributed by atoms with Crippen LogP contribution in [0.25, 0.3) is 0 Å². The van der Waals surface area contributed by atoms with Crippen LogP contribution in [0.1, 0.15) is 5.56 Å². The first-order valence-electron chi connectivity index (χ1n) is 5.65. The number of nitrogens with one attached hydrogen (secondary N) is 1. The van der Waals surface area contributed by atoms with Gasteiger partial charge in [-0.05, 0) is 36.8 Å². The van der Waals surface area contributed by atoms with E-state index < -0.39 is 20.9 Å². The van der Waals surface area contributed by atoms with Gasteiger partial charge in [-0.25, -0.2) is 12.8 Å². The van der Waals surface area contributed by atoms with Gasteiger partial charge in [0.15, 0.2) is 5.82 Å². The van der Waals surface area contributed by atoms with Gasteiger partial charge in [0.2, 0.25) is 0 Å². The smallest absolute Gasteiger partial charge is 0.263 e. The summed E-state index contributed by atoms with van der Waals surface area (Å²) in [6, 6.07) is 7.43. The highest BCUT2D eigenvalue weighted by molar-refractivity contribution is 9.10. The number of benzene rings is 2. The molecule has 0 heterocycles. The van der Waals surface area contributed by atoms with E-state index in [0.717, 1.165) is 12.1 Å². The van der Waals surface area contributed by atoms with Crippen molar-refractivity contribution in [3.05, 3.63) is 56.2 Å². The summed E-state index contributed by atoms with van der Waals surface area (Å²) in [5, 5.41) is -0.778. The average Bonchev–Trinajstić information content (AvgIpc) is 2.39. The zero-order chi connectivity index (χ0) is 15.8. The van der Waals surface area contributed by atoms with Crippen molar-refractivity contribution in [2.75, 3.05) is 4.72 Å². The van der Waals surface area contributed by atoms with Crippen LogP contribution >= 0.6 is 39.1 Å². The topological polar surface area (TPSA) is 46.2 Å². The molecule has 2 rings (SSSR count). The molecular weight excluding hydrogens is 404 g/mol. The Morgan fingerprint density at radius 2 is 1.86 bits per heavy atom. The molecule has 0 aliphatic rings. The number of halogens is 4. The van der Waals surface area contributed by atoms with E-state index >= 15 is 0 Å². The zero-order valence-electron chi connectivity index (χ0n) is 10.6. The molecule has 0 amide bonds. The van der Waals surface area contributed by atoms with Gasteiger partial charge in [0.25, 0.3) is 10.0 Å². The first-order valence-corrected chi connectivity index (χ1v) is 8.68. The lowest BCUT2D eigenvalue weighted by molar-refractivity contribution is 0.595. The molecule has 0 aromatic heterocycles. The van der Waals surface area contributed by atoms with Gasteiger partial charge in [-0.15, -0.1) is 0 Å². The monoisotopic (exact) mass is 411 g/mol. The summed E-state index contributed by atoms with van der Waals surface area (Å²) in [6.45, 7) is 1.74. The van der Waals surface area contributed by atoms with Crippen LogP contribution in [0.5, 0.6) is 0 Å². The fraction of sp³-hybridized carbons (Fsp3) is 0.0769. The lowest BCUT2D eigenvalue weighted by Crippen LogP contribution is -2.14. The standard InChI is InChI=1S/C13H9BrCl2FNO2S/c1-7-2-3-8(14)6-10(7)18-21(19,20)11-5-4-9(15)13(17)12(11)16/h2-6,18H,1H3. The van der Waals surface area contributed by atoms with Crippen LogP contribution in [0, 0.1) is 12.7 Å². The summed E-state index contributed by atoms with van der Waals surface area (Å²) in [6.07, 6.45) is 0. The van der Waals surface area contributed by atoms with Crippen molar-refractivity contribution < 1.29 is 12.8 Å². The van der Waals surface area contributed by atoms with E-state index in [0.29, 0.717) is 15.7 Å². The molecule has 0 saturated carbocycles. The average molecular weight is 413 g/mol. The van der Waals surface area contributed by atoms with E-state index in [1.54, 1.807) is 25.1 Å². The zero-order valence-corrected chi connectivity index (χ0v) is 14.5. The van der Waals surface area contributed by atoms with Crippen LogP contribution in [0.15, 0.2) is 39.7 Å². The fourth-order valence-electron chi connectivity index (χ4n) is 1.62. The Morgan fingerprint density at radius 3 is 2.52 bits per heavy atom. The van der Waals surface area contributed by atoms with Crippen molar-refractivity contribution >= 4 is 54.8 Å². The summed E-state index contributed by atoms with van der Waals surface area (Å²) in [5.74, 6) is -0.966. The summed E-state index contributed by atoms with van der Waals surface area (Å²) in [4.78, 5) is -0.370. The molecule has 21 heavy (non-hydrogen) atoms. The molecule has 8 heteroatoms. The maximum Gasteiger partial charge on any atom is 0.263 e. The van der Waals surface area contributed by atoms with Crippen molar-refractivity contribution in [1.82, 2.24) is 0 Å². The van der Waals surface area contributed by atoms with Gasteiger partial charge in [-0.1, -0.05) is 45.2 Å². The van der Waals surface area contributed by atoms with E-state index in [-0.39, 0.29) is 9.92 Å². The molecule has 0 spiro atoms. The van der Waals surface area contributed by atoms with Gasteiger partial charge in [-0.2, -0.15) is 0 Å². The Hall–Kier alpha value is -0.820. The van der Waals surface area contributed by atoms with Gasteiger partial charge in [0.05, 0.1) is 15.7 Å². The third kappa shape index (κ3) is 3.51. The van der Waals surface area contributed by atoms with E-state index in [4.69, 9.17) is 23.2 Å². The van der Waals surface area contributed by atoms with Gasteiger partial charge in [0.1, 0.15) is 4.90 Å². The third-order valence-corrected chi connectivity index (χ3v) is 5.41. The van der Waals surface area contributed by atoms with Crippen molar-refractivity contribution in [1.29, 1.82) is 0 Å². The summed E-state index contributed by atoms with van der Waals surface area (Å²) in [7, 11) is -4.02. The Morgan fingerprint density at radius 1 is 1.19 bits per heavy atom. The molecule has 3 nitrogen and oxygen atoms in total. The molecule has 0 radical (unpaired) electrons. The van der Waals surface area contributed by atoms with Crippen LogP contribution in [-0.2, 0) is 10.0 Å². The molecular formula is C13H9BrCl2FNO2S. The van der Waals surface area contributed by atoms with Gasteiger partial charge >= 0.3 is 0 Å². The maximum atomic E-state index is 13.6. The van der Waals surface area contributed by atoms with Crippen molar-refractivity contribution in [2.24, 2.45) is 0 Å². The Balaban J connectivity index is 2.49. The van der Waals surface area contributed by atoms with E-state index in [9.17, 15) is 12.8 Å². The second-order valence-corrected chi connectivity index (χ2v) is 7.59.